The Labute approximate surface area is 116 Å². The molecule has 5 nitrogen and oxygen atoms in total. The average Bonchev–Trinajstić information content (AvgIpc) is 2.45. The third-order valence-corrected chi connectivity index (χ3v) is 2.93. The smallest absolute Gasteiger partial charge is 0.212 e. The number of phenolic OH excluding ortho intramolecular Hbond substituents is 2. The summed E-state index contributed by atoms with van der Waals surface area (Å²) in [5.74, 6) is 0.0656. The van der Waals surface area contributed by atoms with E-state index in [1.807, 2.05) is 6.07 Å². The highest BCUT2D eigenvalue weighted by atomic mass is 16.5. The Morgan fingerprint density at radius 1 is 1.25 bits per heavy atom. The van der Waals surface area contributed by atoms with Crippen molar-refractivity contribution < 1.29 is 19.7 Å². The summed E-state index contributed by atoms with van der Waals surface area (Å²) < 4.78 is 4.96. The van der Waals surface area contributed by atoms with Crippen molar-refractivity contribution in [3.8, 4) is 17.4 Å². The number of aromatic nitrogens is 1. The lowest BCUT2D eigenvalue weighted by molar-refractivity contribution is 0.0980. The van der Waals surface area contributed by atoms with Crippen LogP contribution in [0.1, 0.15) is 22.3 Å². The number of aromatic hydroxyl groups is 2. The predicted octanol–water partition coefficient (Wildman–Crippen LogP) is 2.32. The van der Waals surface area contributed by atoms with E-state index in [2.05, 4.69) is 4.98 Å². The van der Waals surface area contributed by atoms with E-state index in [1.165, 1.54) is 12.1 Å². The summed E-state index contributed by atoms with van der Waals surface area (Å²) in [7, 11) is 1.54. The number of carbonyl (C=O) groups excluding carboxylic acids is 1. The van der Waals surface area contributed by atoms with Crippen LogP contribution in [0.25, 0.3) is 0 Å². The number of rotatable bonds is 5. The first-order chi connectivity index (χ1) is 9.60. The van der Waals surface area contributed by atoms with Crippen LogP contribution in [0.5, 0.6) is 17.4 Å². The van der Waals surface area contributed by atoms with E-state index < -0.39 is 0 Å². The van der Waals surface area contributed by atoms with Gasteiger partial charge in [-0.05, 0) is 24.1 Å². The molecule has 2 N–H and O–H groups in total. The molecule has 1 aromatic carbocycles. The number of ether oxygens (including phenoxy) is 1. The van der Waals surface area contributed by atoms with Crippen LogP contribution in [0.15, 0.2) is 36.5 Å². The molecule has 0 saturated carbocycles. The van der Waals surface area contributed by atoms with Crippen molar-refractivity contribution in [2.75, 3.05) is 7.11 Å². The zero-order valence-corrected chi connectivity index (χ0v) is 11.0. The number of methoxy groups -OCH3 is 1. The van der Waals surface area contributed by atoms with Crippen molar-refractivity contribution >= 4 is 5.78 Å². The molecule has 1 aromatic heterocycles. The second-order valence-electron chi connectivity index (χ2n) is 4.33. The molecule has 0 bridgehead atoms. The molecule has 0 fully saturated rings. The molecular weight excluding hydrogens is 258 g/mol. The summed E-state index contributed by atoms with van der Waals surface area (Å²) in [5.41, 5.74) is 1.13. The molecule has 5 heteroatoms. The summed E-state index contributed by atoms with van der Waals surface area (Å²) >= 11 is 0. The number of carbonyl (C=O) groups is 1. The zero-order chi connectivity index (χ0) is 14.5. The van der Waals surface area contributed by atoms with Crippen molar-refractivity contribution in [2.45, 2.75) is 12.8 Å². The SMILES string of the molecule is COc1ccc(CCC(=O)c2ccc(O)cc2O)cn1. The molecule has 2 rings (SSSR count). The largest absolute Gasteiger partial charge is 0.508 e. The molecule has 20 heavy (non-hydrogen) atoms. The van der Waals surface area contributed by atoms with E-state index in [0.29, 0.717) is 12.3 Å². The summed E-state index contributed by atoms with van der Waals surface area (Å²) in [6, 6.07) is 7.52. The Hall–Kier alpha value is -2.56. The monoisotopic (exact) mass is 273 g/mol. The van der Waals surface area contributed by atoms with Gasteiger partial charge in [-0.15, -0.1) is 0 Å². The van der Waals surface area contributed by atoms with Crippen LogP contribution in [0.3, 0.4) is 0 Å². The molecule has 0 radical (unpaired) electrons. The minimum Gasteiger partial charge on any atom is -0.508 e. The molecule has 0 aliphatic heterocycles. The second kappa shape index (κ2) is 6.06. The molecule has 0 atom stereocenters. The highest BCUT2D eigenvalue weighted by Crippen LogP contribution is 2.24. The van der Waals surface area contributed by atoms with Crippen molar-refractivity contribution in [3.63, 3.8) is 0 Å². The number of hydrogen-bond donors (Lipinski definition) is 2. The Kier molecular flexibility index (Phi) is 4.20. The molecular formula is C15H15NO4. The number of phenols is 2. The lowest BCUT2D eigenvalue weighted by Crippen LogP contribution is -2.02. The summed E-state index contributed by atoms with van der Waals surface area (Å²) in [4.78, 5) is 16.0. The third-order valence-electron chi connectivity index (χ3n) is 2.93. The number of aryl methyl sites for hydroxylation is 1. The Morgan fingerprint density at radius 3 is 2.65 bits per heavy atom. The summed E-state index contributed by atoms with van der Waals surface area (Å²) in [5, 5.41) is 18.8. The van der Waals surface area contributed by atoms with E-state index in [9.17, 15) is 15.0 Å². The van der Waals surface area contributed by atoms with E-state index in [-0.39, 0.29) is 29.3 Å². The molecule has 0 amide bonds. The highest BCUT2D eigenvalue weighted by molar-refractivity contribution is 5.98. The summed E-state index contributed by atoms with van der Waals surface area (Å²) in [6.45, 7) is 0. The van der Waals surface area contributed by atoms with Gasteiger partial charge in [0.1, 0.15) is 11.5 Å². The van der Waals surface area contributed by atoms with E-state index in [4.69, 9.17) is 4.74 Å². The van der Waals surface area contributed by atoms with Gasteiger partial charge in [-0.3, -0.25) is 4.79 Å². The lowest BCUT2D eigenvalue weighted by Gasteiger charge is -2.05. The van der Waals surface area contributed by atoms with Gasteiger partial charge in [0.2, 0.25) is 5.88 Å². The maximum atomic E-state index is 12.0. The molecule has 104 valence electrons. The van der Waals surface area contributed by atoms with Crippen LogP contribution < -0.4 is 4.74 Å². The zero-order valence-electron chi connectivity index (χ0n) is 11.0. The van der Waals surface area contributed by atoms with E-state index in [1.54, 1.807) is 19.4 Å². The van der Waals surface area contributed by atoms with Crippen molar-refractivity contribution in [1.29, 1.82) is 0 Å². The van der Waals surface area contributed by atoms with Crippen LogP contribution in [-0.2, 0) is 6.42 Å². The summed E-state index contributed by atoms with van der Waals surface area (Å²) in [6.07, 6.45) is 2.44. The first-order valence-electron chi connectivity index (χ1n) is 6.14. The molecule has 0 spiro atoms. The number of nitrogens with zero attached hydrogens (tertiary/aromatic N) is 1. The number of pyridine rings is 1. The molecule has 0 aliphatic carbocycles. The van der Waals surface area contributed by atoms with Gasteiger partial charge in [-0.25, -0.2) is 4.98 Å². The minimum atomic E-state index is -0.206. The first-order valence-corrected chi connectivity index (χ1v) is 6.14. The number of ketones is 1. The van der Waals surface area contributed by atoms with Crippen LogP contribution in [0, 0.1) is 0 Å². The van der Waals surface area contributed by atoms with Gasteiger partial charge in [0.25, 0.3) is 0 Å². The Bertz CT molecular complexity index is 608. The van der Waals surface area contributed by atoms with Gasteiger partial charge in [0.05, 0.1) is 12.7 Å². The van der Waals surface area contributed by atoms with Crippen molar-refractivity contribution in [2.24, 2.45) is 0 Å². The Morgan fingerprint density at radius 2 is 2.05 bits per heavy atom. The minimum absolute atomic E-state index is 0.0709. The van der Waals surface area contributed by atoms with Crippen LogP contribution >= 0.6 is 0 Å². The number of hydrogen-bond acceptors (Lipinski definition) is 5. The fourth-order valence-electron chi connectivity index (χ4n) is 1.83. The molecule has 0 unspecified atom stereocenters. The second-order valence-corrected chi connectivity index (χ2v) is 4.33. The molecule has 0 saturated heterocycles. The maximum Gasteiger partial charge on any atom is 0.212 e. The van der Waals surface area contributed by atoms with Gasteiger partial charge < -0.3 is 14.9 Å². The van der Waals surface area contributed by atoms with E-state index in [0.717, 1.165) is 11.6 Å². The standard InChI is InChI=1S/C15H15NO4/c1-20-15-7-3-10(9-16-15)2-6-13(18)12-5-4-11(17)8-14(12)19/h3-5,7-9,17,19H,2,6H2,1H3. The average molecular weight is 273 g/mol. The Balaban J connectivity index is 2.00. The quantitative estimate of drug-likeness (QED) is 0.817. The van der Waals surface area contributed by atoms with Crippen LogP contribution in [0.4, 0.5) is 0 Å². The van der Waals surface area contributed by atoms with Gasteiger partial charge in [-0.2, -0.15) is 0 Å². The lowest BCUT2D eigenvalue weighted by atomic mass is 10.0. The topological polar surface area (TPSA) is 79.7 Å². The van der Waals surface area contributed by atoms with Gasteiger partial charge >= 0.3 is 0 Å². The van der Waals surface area contributed by atoms with Gasteiger partial charge in [0, 0.05) is 24.8 Å². The van der Waals surface area contributed by atoms with Crippen molar-refractivity contribution in [1.82, 2.24) is 4.98 Å². The molecule has 0 aliphatic rings. The first kappa shape index (κ1) is 13.9. The van der Waals surface area contributed by atoms with E-state index >= 15 is 0 Å². The normalized spacial score (nSPS) is 10.2. The maximum absolute atomic E-state index is 12.0. The molecule has 2 aromatic rings. The number of Topliss-reactive ketones (excluding diaryl/α,β-unsaturated/α-hetero) is 1. The fraction of sp³-hybridized carbons (Fsp3) is 0.200. The van der Waals surface area contributed by atoms with Gasteiger partial charge in [0.15, 0.2) is 5.78 Å². The van der Waals surface area contributed by atoms with Gasteiger partial charge in [-0.1, -0.05) is 6.07 Å². The number of benzene rings is 1. The third kappa shape index (κ3) is 3.26. The van der Waals surface area contributed by atoms with Crippen molar-refractivity contribution in [3.05, 3.63) is 47.7 Å². The predicted molar refractivity (Wildman–Crippen MR) is 73.2 cm³/mol. The fourth-order valence-corrected chi connectivity index (χ4v) is 1.83. The van der Waals surface area contributed by atoms with Crippen LogP contribution in [-0.4, -0.2) is 28.1 Å². The molecule has 1 heterocycles. The highest BCUT2D eigenvalue weighted by Gasteiger charge is 2.11. The van der Waals surface area contributed by atoms with Crippen LogP contribution in [0.2, 0.25) is 0 Å².